The predicted octanol–water partition coefficient (Wildman–Crippen LogP) is 2.87. The third kappa shape index (κ3) is 2.38. The number of hydrazine groups is 1. The molecule has 2 aromatic rings. The second-order valence-corrected chi connectivity index (χ2v) is 4.36. The SMILES string of the molecule is NNC(c1ccoc1)c1c(F)cc(Br)cc1F. The van der Waals surface area contributed by atoms with Crippen LogP contribution < -0.4 is 11.3 Å². The Balaban J connectivity index is 2.52. The lowest BCUT2D eigenvalue weighted by molar-refractivity contribution is 0.503. The molecule has 0 radical (unpaired) electrons. The maximum absolute atomic E-state index is 13.7. The molecule has 0 aliphatic carbocycles. The Morgan fingerprint density at radius 3 is 2.41 bits per heavy atom. The van der Waals surface area contributed by atoms with Gasteiger partial charge in [0.1, 0.15) is 11.6 Å². The topological polar surface area (TPSA) is 51.2 Å². The molecule has 1 unspecified atom stereocenters. The zero-order chi connectivity index (χ0) is 12.4. The Morgan fingerprint density at radius 1 is 1.29 bits per heavy atom. The quantitative estimate of drug-likeness (QED) is 0.677. The second kappa shape index (κ2) is 4.95. The Morgan fingerprint density at radius 2 is 1.94 bits per heavy atom. The van der Waals surface area contributed by atoms with E-state index in [9.17, 15) is 8.78 Å². The molecule has 0 bridgehead atoms. The second-order valence-electron chi connectivity index (χ2n) is 3.44. The van der Waals surface area contributed by atoms with Crippen molar-refractivity contribution < 1.29 is 13.2 Å². The number of benzene rings is 1. The van der Waals surface area contributed by atoms with Gasteiger partial charge in [0, 0.05) is 15.6 Å². The van der Waals surface area contributed by atoms with E-state index >= 15 is 0 Å². The van der Waals surface area contributed by atoms with Crippen molar-refractivity contribution >= 4 is 15.9 Å². The molecule has 17 heavy (non-hydrogen) atoms. The van der Waals surface area contributed by atoms with Crippen LogP contribution in [-0.4, -0.2) is 0 Å². The highest BCUT2D eigenvalue weighted by Gasteiger charge is 2.22. The minimum Gasteiger partial charge on any atom is -0.472 e. The summed E-state index contributed by atoms with van der Waals surface area (Å²) in [6, 6.07) is 3.17. The van der Waals surface area contributed by atoms with Gasteiger partial charge >= 0.3 is 0 Å². The lowest BCUT2D eigenvalue weighted by atomic mass is 10.0. The van der Waals surface area contributed by atoms with E-state index < -0.39 is 17.7 Å². The molecule has 1 heterocycles. The van der Waals surface area contributed by atoms with E-state index in [-0.39, 0.29) is 5.56 Å². The number of furan rings is 1. The average molecular weight is 303 g/mol. The first-order valence-electron chi connectivity index (χ1n) is 4.76. The van der Waals surface area contributed by atoms with E-state index in [0.717, 1.165) is 0 Å². The van der Waals surface area contributed by atoms with E-state index in [2.05, 4.69) is 21.4 Å². The fraction of sp³-hybridized carbons (Fsp3) is 0.0909. The molecule has 0 aliphatic rings. The van der Waals surface area contributed by atoms with Crippen molar-refractivity contribution in [1.29, 1.82) is 0 Å². The molecule has 6 heteroatoms. The van der Waals surface area contributed by atoms with Gasteiger partial charge < -0.3 is 4.42 Å². The summed E-state index contributed by atoms with van der Waals surface area (Å²) >= 11 is 3.02. The molecule has 3 N–H and O–H groups in total. The lowest BCUT2D eigenvalue weighted by Gasteiger charge is -2.16. The van der Waals surface area contributed by atoms with Gasteiger partial charge in [-0.25, -0.2) is 14.2 Å². The van der Waals surface area contributed by atoms with Gasteiger partial charge in [-0.2, -0.15) is 0 Å². The molecule has 2 rings (SSSR count). The highest BCUT2D eigenvalue weighted by Crippen LogP contribution is 2.28. The van der Waals surface area contributed by atoms with Gasteiger partial charge in [-0.15, -0.1) is 0 Å². The van der Waals surface area contributed by atoms with Gasteiger partial charge in [-0.3, -0.25) is 5.84 Å². The maximum atomic E-state index is 13.7. The smallest absolute Gasteiger partial charge is 0.132 e. The summed E-state index contributed by atoms with van der Waals surface area (Å²) in [7, 11) is 0. The van der Waals surface area contributed by atoms with E-state index in [0.29, 0.717) is 10.0 Å². The molecule has 0 amide bonds. The molecular weight excluding hydrogens is 294 g/mol. The van der Waals surface area contributed by atoms with Crippen LogP contribution in [0, 0.1) is 11.6 Å². The maximum Gasteiger partial charge on any atom is 0.132 e. The molecule has 3 nitrogen and oxygen atoms in total. The Kier molecular flexibility index (Phi) is 3.56. The molecule has 1 aromatic carbocycles. The molecule has 0 spiro atoms. The number of halogens is 3. The van der Waals surface area contributed by atoms with E-state index in [1.165, 1.54) is 24.7 Å². The van der Waals surface area contributed by atoms with Crippen LogP contribution in [0.1, 0.15) is 17.2 Å². The first-order valence-corrected chi connectivity index (χ1v) is 5.55. The van der Waals surface area contributed by atoms with E-state index in [4.69, 9.17) is 10.3 Å². The summed E-state index contributed by atoms with van der Waals surface area (Å²) in [6.07, 6.45) is 2.79. The molecule has 1 atom stereocenters. The first kappa shape index (κ1) is 12.2. The monoisotopic (exact) mass is 302 g/mol. The van der Waals surface area contributed by atoms with Crippen molar-refractivity contribution in [2.24, 2.45) is 5.84 Å². The van der Waals surface area contributed by atoms with E-state index in [1.54, 1.807) is 6.07 Å². The zero-order valence-corrected chi connectivity index (χ0v) is 10.2. The number of hydrogen-bond donors (Lipinski definition) is 2. The molecule has 0 saturated carbocycles. The van der Waals surface area contributed by atoms with Gasteiger partial charge in [0.25, 0.3) is 0 Å². The summed E-state index contributed by atoms with van der Waals surface area (Å²) in [5.41, 5.74) is 2.77. The third-order valence-corrected chi connectivity index (χ3v) is 2.83. The number of nitrogens with one attached hydrogen (secondary N) is 1. The summed E-state index contributed by atoms with van der Waals surface area (Å²) in [4.78, 5) is 0. The van der Waals surface area contributed by atoms with Crippen LogP contribution in [-0.2, 0) is 0 Å². The normalized spacial score (nSPS) is 12.7. The fourth-order valence-corrected chi connectivity index (χ4v) is 2.02. The van der Waals surface area contributed by atoms with Gasteiger partial charge in [0.05, 0.1) is 18.6 Å². The predicted molar refractivity (Wildman–Crippen MR) is 61.9 cm³/mol. The number of nitrogens with two attached hydrogens (primary N) is 1. The molecule has 90 valence electrons. The van der Waals surface area contributed by atoms with Crippen LogP contribution in [0.5, 0.6) is 0 Å². The van der Waals surface area contributed by atoms with Crippen LogP contribution >= 0.6 is 15.9 Å². The van der Waals surface area contributed by atoms with Crippen LogP contribution in [0.3, 0.4) is 0 Å². The van der Waals surface area contributed by atoms with Crippen molar-refractivity contribution in [3.05, 3.63) is 58.0 Å². The minimum absolute atomic E-state index is 0.142. The van der Waals surface area contributed by atoms with Gasteiger partial charge in [0.2, 0.25) is 0 Å². The minimum atomic E-state index is -0.790. The van der Waals surface area contributed by atoms with Crippen molar-refractivity contribution in [2.45, 2.75) is 6.04 Å². The molecular formula is C11H9BrF2N2O. The average Bonchev–Trinajstić information content (AvgIpc) is 2.76. The first-order chi connectivity index (χ1) is 8.13. The van der Waals surface area contributed by atoms with Crippen molar-refractivity contribution in [2.75, 3.05) is 0 Å². The Labute approximate surface area is 105 Å². The zero-order valence-electron chi connectivity index (χ0n) is 8.58. The number of rotatable bonds is 3. The van der Waals surface area contributed by atoms with Crippen LogP contribution in [0.2, 0.25) is 0 Å². The van der Waals surface area contributed by atoms with Crippen molar-refractivity contribution in [3.8, 4) is 0 Å². The molecule has 0 aliphatic heterocycles. The van der Waals surface area contributed by atoms with Gasteiger partial charge in [-0.1, -0.05) is 15.9 Å². The molecule has 1 aromatic heterocycles. The summed E-state index contributed by atoms with van der Waals surface area (Å²) in [5, 5.41) is 0. The highest BCUT2D eigenvalue weighted by atomic mass is 79.9. The van der Waals surface area contributed by atoms with Crippen LogP contribution in [0.4, 0.5) is 8.78 Å². The molecule has 0 fully saturated rings. The van der Waals surface area contributed by atoms with Gasteiger partial charge in [-0.05, 0) is 18.2 Å². The van der Waals surface area contributed by atoms with Crippen molar-refractivity contribution in [1.82, 2.24) is 5.43 Å². The third-order valence-electron chi connectivity index (χ3n) is 2.38. The largest absolute Gasteiger partial charge is 0.472 e. The Hall–Kier alpha value is -1.24. The lowest BCUT2D eigenvalue weighted by Crippen LogP contribution is -2.30. The van der Waals surface area contributed by atoms with Gasteiger partial charge in [0.15, 0.2) is 0 Å². The van der Waals surface area contributed by atoms with Crippen molar-refractivity contribution in [3.63, 3.8) is 0 Å². The standard InChI is InChI=1S/C11H9BrF2N2O/c12-7-3-8(13)10(9(14)4-7)11(16-15)6-1-2-17-5-6/h1-5,11,16H,15H2. The summed E-state index contributed by atoms with van der Waals surface area (Å²) < 4.78 is 32.7. The van der Waals surface area contributed by atoms with Crippen LogP contribution in [0.25, 0.3) is 0 Å². The van der Waals surface area contributed by atoms with E-state index in [1.807, 2.05) is 0 Å². The summed E-state index contributed by atoms with van der Waals surface area (Å²) in [5.74, 6) is 3.98. The summed E-state index contributed by atoms with van der Waals surface area (Å²) in [6.45, 7) is 0. The molecule has 0 saturated heterocycles. The Bertz CT molecular complexity index is 493. The fourth-order valence-electron chi connectivity index (χ4n) is 1.61. The highest BCUT2D eigenvalue weighted by molar-refractivity contribution is 9.10. The van der Waals surface area contributed by atoms with Crippen LogP contribution in [0.15, 0.2) is 39.6 Å². The number of hydrogen-bond acceptors (Lipinski definition) is 3.